The van der Waals surface area contributed by atoms with E-state index >= 15 is 0 Å². The van der Waals surface area contributed by atoms with Gasteiger partial charge in [-0.2, -0.15) is 0 Å². The summed E-state index contributed by atoms with van der Waals surface area (Å²) in [5.41, 5.74) is 15.6. The van der Waals surface area contributed by atoms with Crippen molar-refractivity contribution in [3.05, 3.63) is 0 Å². The first-order valence-corrected chi connectivity index (χ1v) is 3.61. The van der Waals surface area contributed by atoms with Crippen LogP contribution in [0.25, 0.3) is 0 Å². The molecule has 0 saturated heterocycles. The minimum Gasteiger partial charge on any atom is -0.370 e. The van der Waals surface area contributed by atoms with E-state index in [0.29, 0.717) is 13.0 Å². The first kappa shape index (κ1) is 14.5. The Labute approximate surface area is 83.3 Å². The standard InChI is InChI=1S/C6H15N5O.ClH/c1-4(12)10-3-2-5(7)11-6(8)9;/h5H,2-3,7H2,1H3,(H,10,12)(H4,8,9,11);1H. The highest BCUT2D eigenvalue weighted by Crippen LogP contribution is 1.86. The molecule has 0 aliphatic carbocycles. The van der Waals surface area contributed by atoms with Gasteiger partial charge in [-0.3, -0.25) is 4.79 Å². The minimum atomic E-state index is -0.443. The highest BCUT2D eigenvalue weighted by Gasteiger charge is 1.99. The Bertz CT molecular complexity index is 180. The van der Waals surface area contributed by atoms with Gasteiger partial charge in [0, 0.05) is 19.9 Å². The molecule has 0 aliphatic rings. The van der Waals surface area contributed by atoms with Gasteiger partial charge in [0.15, 0.2) is 5.96 Å². The fraction of sp³-hybridized carbons (Fsp3) is 0.667. The maximum absolute atomic E-state index is 10.4. The van der Waals surface area contributed by atoms with Crippen LogP contribution in [0.5, 0.6) is 0 Å². The topological polar surface area (TPSA) is 120 Å². The second kappa shape index (κ2) is 7.63. The first-order valence-electron chi connectivity index (χ1n) is 3.61. The maximum atomic E-state index is 10.4. The Morgan fingerprint density at radius 3 is 2.46 bits per heavy atom. The Morgan fingerprint density at radius 1 is 1.54 bits per heavy atom. The van der Waals surface area contributed by atoms with Crippen LogP contribution in [0.1, 0.15) is 13.3 Å². The minimum absolute atomic E-state index is 0. The van der Waals surface area contributed by atoms with E-state index in [1.165, 1.54) is 6.92 Å². The van der Waals surface area contributed by atoms with E-state index < -0.39 is 6.17 Å². The summed E-state index contributed by atoms with van der Waals surface area (Å²) >= 11 is 0. The normalized spacial score (nSPS) is 10.9. The molecule has 0 bridgehead atoms. The summed E-state index contributed by atoms with van der Waals surface area (Å²) < 4.78 is 0. The van der Waals surface area contributed by atoms with E-state index in [-0.39, 0.29) is 24.3 Å². The fourth-order valence-electron chi connectivity index (χ4n) is 0.652. The summed E-state index contributed by atoms with van der Waals surface area (Å²) in [4.78, 5) is 14.1. The summed E-state index contributed by atoms with van der Waals surface area (Å²) in [5, 5.41) is 2.58. The summed E-state index contributed by atoms with van der Waals surface area (Å²) in [6.45, 7) is 1.92. The second-order valence-electron chi connectivity index (χ2n) is 2.39. The molecule has 0 fully saturated rings. The van der Waals surface area contributed by atoms with Gasteiger partial charge >= 0.3 is 0 Å². The van der Waals surface area contributed by atoms with Crippen molar-refractivity contribution in [2.75, 3.05) is 6.54 Å². The lowest BCUT2D eigenvalue weighted by Crippen LogP contribution is -2.32. The van der Waals surface area contributed by atoms with Crippen molar-refractivity contribution in [1.29, 1.82) is 0 Å². The van der Waals surface area contributed by atoms with Gasteiger partial charge in [0.2, 0.25) is 5.91 Å². The van der Waals surface area contributed by atoms with Crippen molar-refractivity contribution in [3.8, 4) is 0 Å². The number of nitrogens with one attached hydrogen (secondary N) is 1. The van der Waals surface area contributed by atoms with Gasteiger partial charge in [-0.1, -0.05) is 0 Å². The predicted molar refractivity (Wildman–Crippen MR) is 54.3 cm³/mol. The van der Waals surface area contributed by atoms with Crippen LogP contribution in [0.3, 0.4) is 0 Å². The highest BCUT2D eigenvalue weighted by atomic mass is 35.5. The average Bonchev–Trinajstić information content (AvgIpc) is 1.84. The summed E-state index contributed by atoms with van der Waals surface area (Å²) in [5.74, 6) is -0.128. The molecule has 0 aromatic rings. The maximum Gasteiger partial charge on any atom is 0.216 e. The summed E-state index contributed by atoms with van der Waals surface area (Å²) in [7, 11) is 0. The van der Waals surface area contributed by atoms with Crippen molar-refractivity contribution in [2.45, 2.75) is 19.5 Å². The second-order valence-corrected chi connectivity index (χ2v) is 2.39. The molecule has 7 heteroatoms. The van der Waals surface area contributed by atoms with Crippen LogP contribution >= 0.6 is 12.4 Å². The fourth-order valence-corrected chi connectivity index (χ4v) is 0.652. The molecule has 0 saturated carbocycles. The van der Waals surface area contributed by atoms with Gasteiger partial charge in [-0.25, -0.2) is 4.99 Å². The summed E-state index contributed by atoms with van der Waals surface area (Å²) in [6, 6.07) is 0. The number of hydrogen-bond donors (Lipinski definition) is 4. The number of rotatable bonds is 4. The summed E-state index contributed by atoms with van der Waals surface area (Å²) in [6.07, 6.45) is 0.0825. The average molecular weight is 210 g/mol. The number of nitrogens with two attached hydrogens (primary N) is 3. The molecule has 0 aromatic heterocycles. The molecule has 78 valence electrons. The Hall–Kier alpha value is -1.01. The van der Waals surface area contributed by atoms with Gasteiger partial charge in [0.1, 0.15) is 6.17 Å². The number of halogens is 1. The molecule has 0 heterocycles. The molecule has 0 rings (SSSR count). The zero-order valence-electron chi connectivity index (χ0n) is 7.49. The van der Waals surface area contributed by atoms with Crippen LogP contribution in [0.4, 0.5) is 0 Å². The Kier molecular flexibility index (Phi) is 8.52. The quantitative estimate of drug-likeness (QED) is 0.333. The third-order valence-corrected chi connectivity index (χ3v) is 1.13. The number of carbonyl (C=O) groups excluding carboxylic acids is 1. The molecule has 1 atom stereocenters. The zero-order valence-corrected chi connectivity index (χ0v) is 8.30. The predicted octanol–water partition coefficient (Wildman–Crippen LogP) is -1.51. The van der Waals surface area contributed by atoms with E-state index in [1.807, 2.05) is 0 Å². The van der Waals surface area contributed by atoms with Gasteiger partial charge in [0.25, 0.3) is 0 Å². The first-order chi connectivity index (χ1) is 5.52. The number of hydrogen-bond acceptors (Lipinski definition) is 3. The van der Waals surface area contributed by atoms with Crippen LogP contribution in [0, 0.1) is 0 Å². The van der Waals surface area contributed by atoms with Crippen LogP contribution in [0.15, 0.2) is 4.99 Å². The lowest BCUT2D eigenvalue weighted by Gasteiger charge is -2.06. The van der Waals surface area contributed by atoms with Crippen molar-refractivity contribution in [1.82, 2.24) is 5.32 Å². The van der Waals surface area contributed by atoms with Crippen molar-refractivity contribution in [2.24, 2.45) is 22.2 Å². The molecule has 0 spiro atoms. The van der Waals surface area contributed by atoms with Gasteiger partial charge in [-0.05, 0) is 0 Å². The zero-order chi connectivity index (χ0) is 9.56. The van der Waals surface area contributed by atoms with E-state index in [4.69, 9.17) is 17.2 Å². The molecule has 0 aromatic carbocycles. The lowest BCUT2D eigenvalue weighted by atomic mass is 10.3. The molecule has 13 heavy (non-hydrogen) atoms. The van der Waals surface area contributed by atoms with E-state index in [0.717, 1.165) is 0 Å². The number of guanidine groups is 1. The highest BCUT2D eigenvalue weighted by molar-refractivity contribution is 5.85. The van der Waals surface area contributed by atoms with Crippen molar-refractivity contribution in [3.63, 3.8) is 0 Å². The van der Waals surface area contributed by atoms with Gasteiger partial charge < -0.3 is 22.5 Å². The Morgan fingerprint density at radius 2 is 2.08 bits per heavy atom. The lowest BCUT2D eigenvalue weighted by molar-refractivity contribution is -0.118. The van der Waals surface area contributed by atoms with E-state index in [2.05, 4.69) is 10.3 Å². The molecule has 7 N–H and O–H groups in total. The van der Waals surface area contributed by atoms with Crippen molar-refractivity contribution >= 4 is 24.3 Å². The van der Waals surface area contributed by atoms with Gasteiger partial charge in [-0.15, -0.1) is 12.4 Å². The molecular formula is C6H16ClN5O. The molecule has 0 radical (unpaired) electrons. The van der Waals surface area contributed by atoms with E-state index in [9.17, 15) is 4.79 Å². The monoisotopic (exact) mass is 209 g/mol. The molecule has 6 nitrogen and oxygen atoms in total. The molecule has 0 aliphatic heterocycles. The van der Waals surface area contributed by atoms with Crippen LogP contribution in [-0.4, -0.2) is 24.6 Å². The third kappa shape index (κ3) is 11.0. The largest absolute Gasteiger partial charge is 0.370 e. The number of carbonyl (C=O) groups is 1. The van der Waals surface area contributed by atoms with Crippen LogP contribution in [0.2, 0.25) is 0 Å². The number of aliphatic imine (C=N–C) groups is 1. The number of nitrogens with zero attached hydrogens (tertiary/aromatic N) is 1. The van der Waals surface area contributed by atoms with Gasteiger partial charge in [0.05, 0.1) is 0 Å². The SMILES string of the molecule is CC(=O)NCCC(N)N=C(N)N.Cl. The number of amides is 1. The van der Waals surface area contributed by atoms with Crippen LogP contribution in [-0.2, 0) is 4.79 Å². The smallest absolute Gasteiger partial charge is 0.216 e. The van der Waals surface area contributed by atoms with Crippen LogP contribution < -0.4 is 22.5 Å². The third-order valence-electron chi connectivity index (χ3n) is 1.13. The van der Waals surface area contributed by atoms with Crippen molar-refractivity contribution < 1.29 is 4.79 Å². The Balaban J connectivity index is 0. The molecule has 1 amide bonds. The molecular weight excluding hydrogens is 194 g/mol. The molecule has 1 unspecified atom stereocenters. The van der Waals surface area contributed by atoms with E-state index in [1.54, 1.807) is 0 Å².